The van der Waals surface area contributed by atoms with Crippen molar-refractivity contribution in [3.63, 3.8) is 0 Å². The zero-order valence-corrected chi connectivity index (χ0v) is 10.7. The molecule has 0 saturated carbocycles. The van der Waals surface area contributed by atoms with Gasteiger partial charge in [0, 0.05) is 6.42 Å². The van der Waals surface area contributed by atoms with E-state index in [4.69, 9.17) is 9.26 Å². The molecule has 1 atom stereocenters. The Hall–Kier alpha value is -1.88. The molecular weight excluding hydrogens is 242 g/mol. The average Bonchev–Trinajstić information content (AvgIpc) is 3.10. The lowest BCUT2D eigenvalue weighted by atomic mass is 10.2. The summed E-state index contributed by atoms with van der Waals surface area (Å²) in [6.45, 7) is 1.58. The summed E-state index contributed by atoms with van der Waals surface area (Å²) in [4.78, 5) is 4.40. The number of nitrogens with zero attached hydrogens (tertiary/aromatic N) is 2. The van der Waals surface area contributed by atoms with Crippen molar-refractivity contribution >= 4 is 0 Å². The summed E-state index contributed by atoms with van der Waals surface area (Å²) in [5, 5.41) is 7.33. The molecule has 1 aromatic carbocycles. The minimum absolute atomic E-state index is 0.233. The minimum atomic E-state index is 0.233. The lowest BCUT2D eigenvalue weighted by Gasteiger charge is -2.03. The Kier molecular flexibility index (Phi) is 3.74. The first-order valence-electron chi connectivity index (χ1n) is 6.65. The second-order valence-corrected chi connectivity index (χ2v) is 4.61. The van der Waals surface area contributed by atoms with Crippen molar-refractivity contribution in [3.05, 3.63) is 42.0 Å². The third-order valence-corrected chi connectivity index (χ3v) is 3.18. The first-order valence-corrected chi connectivity index (χ1v) is 6.65. The number of aromatic nitrogens is 2. The molecule has 0 spiro atoms. The standard InChI is InChI=1S/C14H17N3O2/c1-2-5-11(6-3-1)18-10-8-13-16-14(19-17-13)12-7-4-9-15-12/h1-3,5-6,12,15H,4,7-10H2. The van der Waals surface area contributed by atoms with E-state index >= 15 is 0 Å². The third-order valence-electron chi connectivity index (χ3n) is 3.18. The van der Waals surface area contributed by atoms with Gasteiger partial charge < -0.3 is 14.6 Å². The Morgan fingerprint density at radius 2 is 2.21 bits per heavy atom. The molecule has 5 nitrogen and oxygen atoms in total. The summed E-state index contributed by atoms with van der Waals surface area (Å²) >= 11 is 0. The molecule has 1 aromatic heterocycles. The predicted molar refractivity (Wildman–Crippen MR) is 69.9 cm³/mol. The molecule has 0 radical (unpaired) electrons. The lowest BCUT2D eigenvalue weighted by molar-refractivity contribution is 0.311. The van der Waals surface area contributed by atoms with Gasteiger partial charge in [0.15, 0.2) is 5.82 Å². The molecule has 0 aliphatic carbocycles. The summed E-state index contributed by atoms with van der Waals surface area (Å²) in [6.07, 6.45) is 2.90. The fourth-order valence-electron chi connectivity index (χ4n) is 2.18. The molecule has 0 amide bonds. The molecule has 1 unspecified atom stereocenters. The van der Waals surface area contributed by atoms with Gasteiger partial charge in [-0.3, -0.25) is 0 Å². The zero-order valence-electron chi connectivity index (χ0n) is 10.7. The second kappa shape index (κ2) is 5.84. The van der Waals surface area contributed by atoms with Gasteiger partial charge in [-0.25, -0.2) is 0 Å². The molecule has 1 saturated heterocycles. The van der Waals surface area contributed by atoms with E-state index in [0.29, 0.717) is 24.7 Å². The van der Waals surface area contributed by atoms with Crippen molar-refractivity contribution < 1.29 is 9.26 Å². The van der Waals surface area contributed by atoms with Crippen LogP contribution < -0.4 is 10.1 Å². The Morgan fingerprint density at radius 3 is 3.00 bits per heavy atom. The number of hydrogen-bond acceptors (Lipinski definition) is 5. The maximum atomic E-state index is 5.61. The molecule has 1 fully saturated rings. The molecular formula is C14H17N3O2. The van der Waals surface area contributed by atoms with Crippen LogP contribution in [0.25, 0.3) is 0 Å². The summed E-state index contributed by atoms with van der Waals surface area (Å²) in [5.41, 5.74) is 0. The monoisotopic (exact) mass is 259 g/mol. The van der Waals surface area contributed by atoms with E-state index in [1.807, 2.05) is 30.3 Å². The number of benzene rings is 1. The second-order valence-electron chi connectivity index (χ2n) is 4.61. The molecule has 2 heterocycles. The van der Waals surface area contributed by atoms with Crippen molar-refractivity contribution in [2.45, 2.75) is 25.3 Å². The normalized spacial score (nSPS) is 18.6. The van der Waals surface area contributed by atoms with Gasteiger partial charge in [-0.1, -0.05) is 23.4 Å². The number of rotatable bonds is 5. The van der Waals surface area contributed by atoms with Crippen molar-refractivity contribution in [2.75, 3.05) is 13.2 Å². The smallest absolute Gasteiger partial charge is 0.243 e. The molecule has 2 aromatic rings. The van der Waals surface area contributed by atoms with E-state index in [0.717, 1.165) is 18.7 Å². The van der Waals surface area contributed by atoms with Crippen LogP contribution in [0, 0.1) is 0 Å². The Labute approximate surface area is 112 Å². The molecule has 1 aliphatic heterocycles. The van der Waals surface area contributed by atoms with E-state index in [-0.39, 0.29) is 6.04 Å². The number of nitrogens with one attached hydrogen (secondary N) is 1. The maximum Gasteiger partial charge on any atom is 0.243 e. The number of ether oxygens (including phenoxy) is 1. The molecule has 5 heteroatoms. The summed E-state index contributed by atoms with van der Waals surface area (Å²) < 4.78 is 10.9. The van der Waals surface area contributed by atoms with Gasteiger partial charge in [-0.2, -0.15) is 4.98 Å². The van der Waals surface area contributed by atoms with Crippen LogP contribution in [-0.4, -0.2) is 23.3 Å². The number of hydrogen-bond donors (Lipinski definition) is 1. The van der Waals surface area contributed by atoms with Gasteiger partial charge in [0.1, 0.15) is 5.75 Å². The van der Waals surface area contributed by atoms with E-state index in [9.17, 15) is 0 Å². The molecule has 100 valence electrons. The average molecular weight is 259 g/mol. The molecule has 1 N–H and O–H groups in total. The van der Waals surface area contributed by atoms with Gasteiger partial charge >= 0.3 is 0 Å². The Balaban J connectivity index is 1.50. The van der Waals surface area contributed by atoms with Gasteiger partial charge in [0.05, 0.1) is 12.6 Å². The highest BCUT2D eigenvalue weighted by atomic mass is 16.5. The van der Waals surface area contributed by atoms with Crippen molar-refractivity contribution in [1.29, 1.82) is 0 Å². The lowest BCUT2D eigenvalue weighted by Crippen LogP contribution is -2.13. The van der Waals surface area contributed by atoms with E-state index in [1.54, 1.807) is 0 Å². The van der Waals surface area contributed by atoms with Gasteiger partial charge in [0.2, 0.25) is 5.89 Å². The van der Waals surface area contributed by atoms with Gasteiger partial charge in [-0.05, 0) is 31.5 Å². The predicted octanol–water partition coefficient (Wildman–Crippen LogP) is 2.12. The van der Waals surface area contributed by atoms with Crippen molar-refractivity contribution in [3.8, 4) is 5.75 Å². The van der Waals surface area contributed by atoms with Gasteiger partial charge in [-0.15, -0.1) is 0 Å². The molecule has 1 aliphatic rings. The fourth-order valence-corrected chi connectivity index (χ4v) is 2.18. The minimum Gasteiger partial charge on any atom is -0.493 e. The summed E-state index contributed by atoms with van der Waals surface area (Å²) in [6, 6.07) is 9.97. The fraction of sp³-hybridized carbons (Fsp3) is 0.429. The molecule has 19 heavy (non-hydrogen) atoms. The topological polar surface area (TPSA) is 60.2 Å². The van der Waals surface area contributed by atoms with Crippen LogP contribution in [0.3, 0.4) is 0 Å². The van der Waals surface area contributed by atoms with Crippen LogP contribution in [0.2, 0.25) is 0 Å². The summed E-state index contributed by atoms with van der Waals surface area (Å²) in [7, 11) is 0. The SMILES string of the molecule is c1ccc(OCCc2noc(C3CCCN3)n2)cc1. The third kappa shape index (κ3) is 3.12. The van der Waals surface area contributed by atoms with E-state index < -0.39 is 0 Å². The highest BCUT2D eigenvalue weighted by Crippen LogP contribution is 2.21. The zero-order chi connectivity index (χ0) is 12.9. The molecule has 0 bridgehead atoms. The van der Waals surface area contributed by atoms with Gasteiger partial charge in [0.25, 0.3) is 0 Å². The Bertz CT molecular complexity index is 506. The van der Waals surface area contributed by atoms with Crippen LogP contribution in [0.4, 0.5) is 0 Å². The molecule has 3 rings (SSSR count). The summed E-state index contributed by atoms with van der Waals surface area (Å²) in [5.74, 6) is 2.27. The van der Waals surface area contributed by atoms with Crippen LogP contribution in [-0.2, 0) is 6.42 Å². The first kappa shape index (κ1) is 12.2. The van der Waals surface area contributed by atoms with Crippen LogP contribution in [0.5, 0.6) is 5.75 Å². The van der Waals surface area contributed by atoms with E-state index in [1.165, 1.54) is 6.42 Å². The van der Waals surface area contributed by atoms with Crippen molar-refractivity contribution in [1.82, 2.24) is 15.5 Å². The van der Waals surface area contributed by atoms with E-state index in [2.05, 4.69) is 15.5 Å². The maximum absolute atomic E-state index is 5.61. The highest BCUT2D eigenvalue weighted by Gasteiger charge is 2.22. The number of para-hydroxylation sites is 1. The van der Waals surface area contributed by atoms with Crippen LogP contribution in [0.1, 0.15) is 30.6 Å². The quantitative estimate of drug-likeness (QED) is 0.891. The highest BCUT2D eigenvalue weighted by molar-refractivity contribution is 5.20. The largest absolute Gasteiger partial charge is 0.493 e. The Morgan fingerprint density at radius 1 is 1.32 bits per heavy atom. The van der Waals surface area contributed by atoms with Crippen molar-refractivity contribution in [2.24, 2.45) is 0 Å². The first-order chi connectivity index (χ1) is 9.42. The van der Waals surface area contributed by atoms with Crippen LogP contribution in [0.15, 0.2) is 34.9 Å². The van der Waals surface area contributed by atoms with Crippen LogP contribution >= 0.6 is 0 Å².